The normalized spacial score (nSPS) is 13.0. The molecule has 5 heteroatoms. The van der Waals surface area contributed by atoms with Gasteiger partial charge in [-0.2, -0.15) is 9.97 Å². The summed E-state index contributed by atoms with van der Waals surface area (Å²) in [4.78, 5) is 15.6. The van der Waals surface area contributed by atoms with Crippen molar-refractivity contribution in [2.45, 2.75) is 5.41 Å². The van der Waals surface area contributed by atoms with E-state index in [4.69, 9.17) is 19.4 Å². The SMILES string of the molecule is c1ccc(-c2nc(-c3ccc4ccccc4c3)nc(-n3c4ccccc4c4cc(C5(c6cccc7c6oc6ccccc67)c6ccccc6-c6ccccc65)ccc43)n2)cc1. The highest BCUT2D eigenvalue weighted by molar-refractivity contribution is 6.10. The molecule has 0 aliphatic heterocycles. The van der Waals surface area contributed by atoms with E-state index in [-0.39, 0.29) is 0 Å². The molecule has 0 unspecified atom stereocenters. The molecule has 13 rings (SSSR count). The summed E-state index contributed by atoms with van der Waals surface area (Å²) in [6.07, 6.45) is 0. The van der Waals surface area contributed by atoms with Crippen molar-refractivity contribution in [3.8, 4) is 39.9 Å². The number of fused-ring (bicyclic) bond motifs is 10. The molecule has 0 bridgehead atoms. The van der Waals surface area contributed by atoms with Crippen LogP contribution in [0.25, 0.3) is 94.4 Å². The van der Waals surface area contributed by atoms with Crippen molar-refractivity contribution in [1.82, 2.24) is 19.5 Å². The van der Waals surface area contributed by atoms with E-state index < -0.39 is 5.41 Å². The van der Waals surface area contributed by atoms with Crippen LogP contribution < -0.4 is 0 Å². The topological polar surface area (TPSA) is 56.7 Å². The number of benzene rings is 9. The molecule has 0 N–H and O–H groups in total. The fourth-order valence-electron chi connectivity index (χ4n) is 10.1. The Morgan fingerprint density at radius 3 is 1.84 bits per heavy atom. The number of hydrogen-bond donors (Lipinski definition) is 0. The van der Waals surface area contributed by atoms with Crippen molar-refractivity contribution in [2.24, 2.45) is 0 Å². The molecule has 0 atom stereocenters. The van der Waals surface area contributed by atoms with Crippen molar-refractivity contribution >= 4 is 54.5 Å². The van der Waals surface area contributed by atoms with Gasteiger partial charge in [0, 0.05) is 38.2 Å². The lowest BCUT2D eigenvalue weighted by Crippen LogP contribution is -2.28. The maximum Gasteiger partial charge on any atom is 0.238 e. The number of nitrogens with zero attached hydrogens (tertiary/aromatic N) is 4. The van der Waals surface area contributed by atoms with Crippen LogP contribution in [-0.2, 0) is 5.41 Å². The van der Waals surface area contributed by atoms with Gasteiger partial charge in [0.2, 0.25) is 5.95 Å². The van der Waals surface area contributed by atoms with Gasteiger partial charge in [-0.3, -0.25) is 4.57 Å². The second kappa shape index (κ2) is 12.9. The van der Waals surface area contributed by atoms with Gasteiger partial charge in [0.15, 0.2) is 11.6 Å². The van der Waals surface area contributed by atoms with Gasteiger partial charge in [0.05, 0.1) is 16.4 Å². The number of rotatable bonds is 5. The van der Waals surface area contributed by atoms with Crippen molar-refractivity contribution in [1.29, 1.82) is 0 Å². The van der Waals surface area contributed by atoms with E-state index in [0.717, 1.165) is 71.4 Å². The van der Waals surface area contributed by atoms with E-state index in [1.807, 2.05) is 24.3 Å². The quantitative estimate of drug-likeness (QED) is 0.175. The summed E-state index contributed by atoms with van der Waals surface area (Å²) in [5.41, 5.74) is 12.2. The first-order valence-corrected chi connectivity index (χ1v) is 20.7. The van der Waals surface area contributed by atoms with Gasteiger partial charge in [-0.15, -0.1) is 0 Å². The summed E-state index contributed by atoms with van der Waals surface area (Å²) >= 11 is 0. The summed E-state index contributed by atoms with van der Waals surface area (Å²) < 4.78 is 9.09. The predicted octanol–water partition coefficient (Wildman–Crippen LogP) is 13.7. The lowest BCUT2D eigenvalue weighted by Gasteiger charge is -2.34. The van der Waals surface area contributed by atoms with E-state index in [0.29, 0.717) is 17.6 Å². The molecule has 3 aromatic heterocycles. The molecule has 1 aliphatic carbocycles. The van der Waals surface area contributed by atoms with Crippen molar-refractivity contribution in [3.63, 3.8) is 0 Å². The van der Waals surface area contributed by atoms with Gasteiger partial charge in [0.1, 0.15) is 11.2 Å². The smallest absolute Gasteiger partial charge is 0.238 e. The van der Waals surface area contributed by atoms with Crippen LogP contribution >= 0.6 is 0 Å². The lowest BCUT2D eigenvalue weighted by atomic mass is 9.67. The zero-order valence-electron chi connectivity index (χ0n) is 32.8. The zero-order chi connectivity index (χ0) is 40.1. The van der Waals surface area contributed by atoms with Gasteiger partial charge in [-0.25, -0.2) is 4.98 Å². The Labute approximate surface area is 350 Å². The lowest BCUT2D eigenvalue weighted by molar-refractivity contribution is 0.648. The molecule has 284 valence electrons. The van der Waals surface area contributed by atoms with E-state index in [2.05, 4.69) is 187 Å². The molecule has 0 saturated heterocycles. The monoisotopic (exact) mass is 778 g/mol. The first-order chi connectivity index (χ1) is 30.2. The number of para-hydroxylation sites is 3. The van der Waals surface area contributed by atoms with Crippen molar-refractivity contribution in [3.05, 3.63) is 229 Å². The fourth-order valence-corrected chi connectivity index (χ4v) is 10.1. The van der Waals surface area contributed by atoms with Crippen molar-refractivity contribution in [2.75, 3.05) is 0 Å². The minimum Gasteiger partial charge on any atom is -0.456 e. The van der Waals surface area contributed by atoms with Crippen LogP contribution in [0.5, 0.6) is 0 Å². The largest absolute Gasteiger partial charge is 0.456 e. The Morgan fingerprint density at radius 2 is 1.02 bits per heavy atom. The first kappa shape index (κ1) is 33.8. The fraction of sp³-hybridized carbons (Fsp3) is 0.0179. The van der Waals surface area contributed by atoms with Gasteiger partial charge in [0.25, 0.3) is 0 Å². The third-order valence-electron chi connectivity index (χ3n) is 12.7. The highest BCUT2D eigenvalue weighted by Gasteiger charge is 2.47. The van der Waals surface area contributed by atoms with Crippen LogP contribution in [0.15, 0.2) is 211 Å². The summed E-state index contributed by atoms with van der Waals surface area (Å²) in [7, 11) is 0. The minimum absolute atomic E-state index is 0.564. The molecule has 61 heavy (non-hydrogen) atoms. The minimum atomic E-state index is -0.686. The van der Waals surface area contributed by atoms with Crippen LogP contribution in [-0.4, -0.2) is 19.5 Å². The standard InChI is InChI=1S/C56H34N4O/c1-2-16-36(17-3-1)53-57-54(38-30-29-35-15-4-5-18-37(35)33-38)59-55(58-53)60-49-27-12-8-21-42(49)45-34-39(31-32-50(45)60)56(46-24-10-6-19-40(46)41-20-7-11-25-47(41)56)48-26-14-23-44-43-22-9-13-28-51(43)61-52(44)48/h1-34H. The molecule has 0 amide bonds. The Hall–Kier alpha value is -8.15. The van der Waals surface area contributed by atoms with Gasteiger partial charge in [-0.05, 0) is 68.9 Å². The molecule has 0 spiro atoms. The van der Waals surface area contributed by atoms with Crippen LogP contribution in [0.1, 0.15) is 22.3 Å². The van der Waals surface area contributed by atoms with Crippen LogP contribution in [0.3, 0.4) is 0 Å². The highest BCUT2D eigenvalue weighted by atomic mass is 16.3. The van der Waals surface area contributed by atoms with Gasteiger partial charge < -0.3 is 4.42 Å². The maximum atomic E-state index is 6.88. The summed E-state index contributed by atoms with van der Waals surface area (Å²) in [6, 6.07) is 73.3. The number of hydrogen-bond acceptors (Lipinski definition) is 4. The van der Waals surface area contributed by atoms with E-state index in [9.17, 15) is 0 Å². The van der Waals surface area contributed by atoms with E-state index >= 15 is 0 Å². The average Bonchev–Trinajstić information content (AvgIpc) is 3.98. The molecule has 0 radical (unpaired) electrons. The van der Waals surface area contributed by atoms with Gasteiger partial charge >= 0.3 is 0 Å². The second-order valence-electron chi connectivity index (χ2n) is 15.9. The average molecular weight is 779 g/mol. The molecular formula is C56H34N4O. The Balaban J connectivity index is 1.10. The zero-order valence-corrected chi connectivity index (χ0v) is 32.8. The van der Waals surface area contributed by atoms with E-state index in [1.165, 1.54) is 27.6 Å². The van der Waals surface area contributed by atoms with E-state index in [1.54, 1.807) is 0 Å². The summed E-state index contributed by atoms with van der Waals surface area (Å²) in [5.74, 6) is 1.80. The predicted molar refractivity (Wildman–Crippen MR) is 247 cm³/mol. The highest BCUT2D eigenvalue weighted by Crippen LogP contribution is 2.58. The maximum absolute atomic E-state index is 6.88. The van der Waals surface area contributed by atoms with Gasteiger partial charge in [-0.1, -0.05) is 176 Å². The van der Waals surface area contributed by atoms with Crippen LogP contribution in [0.2, 0.25) is 0 Å². The molecule has 0 fully saturated rings. The second-order valence-corrected chi connectivity index (χ2v) is 15.9. The van der Waals surface area contributed by atoms with Crippen LogP contribution in [0.4, 0.5) is 0 Å². The third kappa shape index (κ3) is 4.86. The van der Waals surface area contributed by atoms with Crippen LogP contribution in [0, 0.1) is 0 Å². The molecule has 5 nitrogen and oxygen atoms in total. The Kier molecular flexibility index (Phi) is 7.16. The Bertz CT molecular complexity index is 3680. The molecule has 9 aromatic carbocycles. The Morgan fingerprint density at radius 1 is 0.393 bits per heavy atom. The molecule has 12 aromatic rings. The number of furan rings is 1. The molecule has 3 heterocycles. The summed E-state index contributed by atoms with van der Waals surface area (Å²) in [5, 5.41) is 6.75. The number of aromatic nitrogens is 4. The molecular weight excluding hydrogens is 745 g/mol. The van der Waals surface area contributed by atoms with Crippen molar-refractivity contribution < 1.29 is 4.42 Å². The third-order valence-corrected chi connectivity index (χ3v) is 12.7. The molecule has 1 aliphatic rings. The molecule has 0 saturated carbocycles. The first-order valence-electron chi connectivity index (χ1n) is 20.7. The summed E-state index contributed by atoms with van der Waals surface area (Å²) in [6.45, 7) is 0.